The van der Waals surface area contributed by atoms with Gasteiger partial charge >= 0.3 is 0 Å². The number of nitrogens with one attached hydrogen (secondary N) is 1. The molecule has 0 unspecified atom stereocenters. The Morgan fingerprint density at radius 2 is 2.20 bits per heavy atom. The van der Waals surface area contributed by atoms with Crippen molar-refractivity contribution in [2.24, 2.45) is 0 Å². The third-order valence-corrected chi connectivity index (χ3v) is 4.09. The van der Waals surface area contributed by atoms with Crippen molar-refractivity contribution in [1.82, 2.24) is 14.5 Å². The monoisotopic (exact) mass is 231 g/mol. The Morgan fingerprint density at radius 1 is 1.53 bits per heavy atom. The molecule has 0 fully saturated rings. The minimum Gasteiger partial charge on any atom is -0.266 e. The van der Waals surface area contributed by atoms with Gasteiger partial charge in [-0.1, -0.05) is 6.92 Å². The summed E-state index contributed by atoms with van der Waals surface area (Å²) in [4.78, 5) is 0. The van der Waals surface area contributed by atoms with Gasteiger partial charge in [-0.15, -0.1) is 0 Å². The molecule has 0 aliphatic carbocycles. The molecule has 0 aromatic carbocycles. The van der Waals surface area contributed by atoms with Crippen LogP contribution >= 0.6 is 0 Å². The lowest BCUT2D eigenvalue weighted by Crippen LogP contribution is -2.37. The summed E-state index contributed by atoms with van der Waals surface area (Å²) in [6.45, 7) is 6.21. The van der Waals surface area contributed by atoms with Gasteiger partial charge in [-0.2, -0.15) is 9.40 Å². The zero-order valence-electron chi connectivity index (χ0n) is 9.27. The summed E-state index contributed by atoms with van der Waals surface area (Å²) < 4.78 is 25.6. The molecule has 0 amide bonds. The Bertz CT molecular complexity index is 383. The van der Waals surface area contributed by atoms with E-state index < -0.39 is 10.0 Å². The fourth-order valence-corrected chi connectivity index (χ4v) is 3.02. The Morgan fingerprint density at radius 3 is 2.60 bits per heavy atom. The number of hydrogen-bond donors (Lipinski definition) is 1. The van der Waals surface area contributed by atoms with Gasteiger partial charge in [-0.25, -0.2) is 8.42 Å². The van der Waals surface area contributed by atoms with Crippen molar-refractivity contribution in [3.05, 3.63) is 12.3 Å². The molecule has 0 spiro atoms. The zero-order valence-corrected chi connectivity index (χ0v) is 10.1. The standard InChI is InChI=1S/C9H17N3O2S/c1-4-7-12(8(2)3)15(13,14)9-5-6-10-11-9/h5-6,8H,4,7H2,1-3H3,(H,10,11). The first-order valence-corrected chi connectivity index (χ1v) is 6.45. The second-order valence-electron chi connectivity index (χ2n) is 3.63. The summed E-state index contributed by atoms with van der Waals surface area (Å²) in [5.41, 5.74) is 0. The largest absolute Gasteiger partial charge is 0.266 e. The van der Waals surface area contributed by atoms with Crippen LogP contribution in [0.25, 0.3) is 0 Å². The van der Waals surface area contributed by atoms with Crippen molar-refractivity contribution < 1.29 is 8.42 Å². The lowest BCUT2D eigenvalue weighted by atomic mass is 10.4. The molecule has 0 saturated carbocycles. The van der Waals surface area contributed by atoms with Crippen LogP contribution < -0.4 is 0 Å². The lowest BCUT2D eigenvalue weighted by Gasteiger charge is -2.24. The van der Waals surface area contributed by atoms with Gasteiger partial charge in [-0.3, -0.25) is 5.10 Å². The van der Waals surface area contributed by atoms with Crippen LogP contribution in [0.1, 0.15) is 27.2 Å². The Kier molecular flexibility index (Phi) is 3.87. The van der Waals surface area contributed by atoms with Crippen LogP contribution in [0.4, 0.5) is 0 Å². The van der Waals surface area contributed by atoms with E-state index in [2.05, 4.69) is 10.2 Å². The molecule has 86 valence electrons. The Balaban J connectivity index is 3.02. The first-order valence-electron chi connectivity index (χ1n) is 5.01. The molecule has 1 aromatic heterocycles. The molecule has 0 radical (unpaired) electrons. The van der Waals surface area contributed by atoms with Crippen molar-refractivity contribution in [1.29, 1.82) is 0 Å². The topological polar surface area (TPSA) is 66.1 Å². The van der Waals surface area contributed by atoms with E-state index in [0.29, 0.717) is 6.54 Å². The fraction of sp³-hybridized carbons (Fsp3) is 0.667. The lowest BCUT2D eigenvalue weighted by molar-refractivity contribution is 0.352. The van der Waals surface area contributed by atoms with E-state index in [1.54, 1.807) is 0 Å². The molecule has 0 aliphatic heterocycles. The predicted octanol–water partition coefficient (Wildman–Crippen LogP) is 1.22. The highest BCUT2D eigenvalue weighted by Gasteiger charge is 2.26. The molecule has 0 aliphatic rings. The van der Waals surface area contributed by atoms with Crippen LogP contribution in [0.2, 0.25) is 0 Å². The van der Waals surface area contributed by atoms with Crippen molar-refractivity contribution in [3.8, 4) is 0 Å². The van der Waals surface area contributed by atoms with E-state index >= 15 is 0 Å². The van der Waals surface area contributed by atoms with Crippen LogP contribution in [0.15, 0.2) is 17.3 Å². The van der Waals surface area contributed by atoms with Crippen LogP contribution in [0.3, 0.4) is 0 Å². The van der Waals surface area contributed by atoms with Crippen molar-refractivity contribution in [3.63, 3.8) is 0 Å². The summed E-state index contributed by atoms with van der Waals surface area (Å²) in [5, 5.41) is 6.31. The van der Waals surface area contributed by atoms with Gasteiger partial charge in [0.25, 0.3) is 10.0 Å². The molecule has 0 atom stereocenters. The highest BCUT2D eigenvalue weighted by Crippen LogP contribution is 2.15. The molecule has 1 N–H and O–H groups in total. The van der Waals surface area contributed by atoms with E-state index in [1.165, 1.54) is 16.6 Å². The third kappa shape index (κ3) is 2.57. The first kappa shape index (κ1) is 12.2. The SMILES string of the molecule is CCCN(C(C)C)S(=O)(=O)c1ccn[nH]1. The molecule has 1 rings (SSSR count). The molecule has 1 aromatic rings. The number of rotatable bonds is 5. The van der Waals surface area contributed by atoms with E-state index in [1.807, 2.05) is 20.8 Å². The number of hydrogen-bond acceptors (Lipinski definition) is 3. The maximum Gasteiger partial charge on any atom is 0.260 e. The van der Waals surface area contributed by atoms with Crippen LogP contribution in [0, 0.1) is 0 Å². The summed E-state index contributed by atoms with van der Waals surface area (Å²) in [7, 11) is -3.40. The van der Waals surface area contributed by atoms with E-state index in [0.717, 1.165) is 6.42 Å². The average Bonchev–Trinajstić information content (AvgIpc) is 2.66. The van der Waals surface area contributed by atoms with E-state index in [4.69, 9.17) is 0 Å². The van der Waals surface area contributed by atoms with E-state index in [-0.39, 0.29) is 11.1 Å². The summed E-state index contributed by atoms with van der Waals surface area (Å²) in [6.07, 6.45) is 2.24. The van der Waals surface area contributed by atoms with Crippen molar-refractivity contribution in [2.75, 3.05) is 6.54 Å². The van der Waals surface area contributed by atoms with Gasteiger partial charge in [-0.05, 0) is 26.3 Å². The molecular weight excluding hydrogens is 214 g/mol. The normalized spacial score (nSPS) is 12.6. The van der Waals surface area contributed by atoms with E-state index in [9.17, 15) is 8.42 Å². The number of aromatic amines is 1. The van der Waals surface area contributed by atoms with Gasteiger partial charge in [0.2, 0.25) is 0 Å². The van der Waals surface area contributed by atoms with Crippen LogP contribution in [-0.2, 0) is 10.0 Å². The number of nitrogens with zero attached hydrogens (tertiary/aromatic N) is 2. The second-order valence-corrected chi connectivity index (χ2v) is 5.49. The number of sulfonamides is 1. The molecule has 0 saturated heterocycles. The summed E-state index contributed by atoms with van der Waals surface area (Å²) in [6, 6.07) is 1.43. The molecule has 0 bridgehead atoms. The summed E-state index contributed by atoms with van der Waals surface area (Å²) >= 11 is 0. The Labute approximate surface area is 90.5 Å². The second kappa shape index (κ2) is 4.76. The minimum absolute atomic E-state index is 0.0433. The first-order chi connectivity index (χ1) is 7.00. The molecule has 15 heavy (non-hydrogen) atoms. The third-order valence-electron chi connectivity index (χ3n) is 2.08. The smallest absolute Gasteiger partial charge is 0.260 e. The fourth-order valence-electron chi connectivity index (χ4n) is 1.39. The average molecular weight is 231 g/mol. The highest BCUT2D eigenvalue weighted by atomic mass is 32.2. The van der Waals surface area contributed by atoms with Crippen molar-refractivity contribution in [2.45, 2.75) is 38.3 Å². The molecule has 1 heterocycles. The quantitative estimate of drug-likeness (QED) is 0.828. The highest BCUT2D eigenvalue weighted by molar-refractivity contribution is 7.89. The van der Waals surface area contributed by atoms with Crippen molar-refractivity contribution >= 4 is 10.0 Å². The molecular formula is C9H17N3O2S. The van der Waals surface area contributed by atoms with Gasteiger partial charge in [0.15, 0.2) is 5.03 Å². The maximum absolute atomic E-state index is 12.1. The minimum atomic E-state index is -3.40. The molecule has 6 heteroatoms. The van der Waals surface area contributed by atoms with Gasteiger partial charge in [0.1, 0.15) is 0 Å². The predicted molar refractivity (Wildman–Crippen MR) is 57.9 cm³/mol. The Hall–Kier alpha value is -0.880. The van der Waals surface area contributed by atoms with Crippen LogP contribution in [-0.4, -0.2) is 35.5 Å². The maximum atomic E-state index is 12.1. The van der Waals surface area contributed by atoms with Gasteiger partial charge in [0.05, 0.1) is 6.20 Å². The molecule has 5 nitrogen and oxygen atoms in total. The number of aromatic nitrogens is 2. The van der Waals surface area contributed by atoms with Gasteiger partial charge < -0.3 is 0 Å². The van der Waals surface area contributed by atoms with Crippen LogP contribution in [0.5, 0.6) is 0 Å². The van der Waals surface area contributed by atoms with Gasteiger partial charge in [0, 0.05) is 12.6 Å². The zero-order chi connectivity index (χ0) is 11.5. The number of H-pyrrole nitrogens is 1. The summed E-state index contributed by atoms with van der Waals surface area (Å²) in [5.74, 6) is 0.